The number of benzene rings is 1. The molecule has 1 rings (SSSR count). The summed E-state index contributed by atoms with van der Waals surface area (Å²) in [7, 11) is 0. The Labute approximate surface area is 88.4 Å². The number of esters is 1. The molecule has 1 aromatic rings. The number of aldehydes is 1. The van der Waals surface area contributed by atoms with Gasteiger partial charge < -0.3 is 4.74 Å². The van der Waals surface area contributed by atoms with Crippen molar-refractivity contribution in [1.82, 2.24) is 0 Å². The molecule has 0 radical (unpaired) electrons. The minimum atomic E-state index is -0.384. The van der Waals surface area contributed by atoms with Gasteiger partial charge in [0.1, 0.15) is 12.9 Å². The standard InChI is InChI=1S/C12H12O3/c1-10(9-13)7-8-15-12(14)11-5-3-2-4-6-11/h2-7,9H,8H2,1H3/b10-7+. The van der Waals surface area contributed by atoms with Crippen LogP contribution in [0.25, 0.3) is 0 Å². The van der Waals surface area contributed by atoms with Crippen molar-refractivity contribution in [2.24, 2.45) is 0 Å². The number of hydrogen-bond donors (Lipinski definition) is 0. The summed E-state index contributed by atoms with van der Waals surface area (Å²) in [5.41, 5.74) is 1.06. The maximum Gasteiger partial charge on any atom is 0.338 e. The molecule has 3 heteroatoms. The molecule has 0 saturated carbocycles. The summed E-state index contributed by atoms with van der Waals surface area (Å²) >= 11 is 0. The fraction of sp³-hybridized carbons (Fsp3) is 0.167. The van der Waals surface area contributed by atoms with Crippen molar-refractivity contribution in [3.05, 3.63) is 47.5 Å². The van der Waals surface area contributed by atoms with Crippen molar-refractivity contribution in [2.45, 2.75) is 6.92 Å². The Hall–Kier alpha value is -1.90. The first-order valence-electron chi connectivity index (χ1n) is 4.58. The molecule has 0 N–H and O–H groups in total. The normalized spacial score (nSPS) is 10.9. The van der Waals surface area contributed by atoms with Crippen molar-refractivity contribution in [2.75, 3.05) is 6.61 Å². The van der Waals surface area contributed by atoms with Crippen LogP contribution in [-0.2, 0) is 9.53 Å². The van der Waals surface area contributed by atoms with Gasteiger partial charge in [-0.1, -0.05) is 18.2 Å². The Bertz CT molecular complexity index is 366. The topological polar surface area (TPSA) is 43.4 Å². The maximum absolute atomic E-state index is 11.4. The first-order valence-corrected chi connectivity index (χ1v) is 4.58. The van der Waals surface area contributed by atoms with Gasteiger partial charge in [-0.3, -0.25) is 4.79 Å². The Kier molecular flexibility index (Phi) is 4.29. The molecule has 0 spiro atoms. The van der Waals surface area contributed by atoms with E-state index in [-0.39, 0.29) is 12.6 Å². The maximum atomic E-state index is 11.4. The van der Waals surface area contributed by atoms with E-state index in [0.29, 0.717) is 11.1 Å². The van der Waals surface area contributed by atoms with Crippen LogP contribution in [-0.4, -0.2) is 18.9 Å². The SMILES string of the molecule is C/C(C=O)=C\COC(=O)c1ccccc1. The van der Waals surface area contributed by atoms with Gasteiger partial charge in [0.15, 0.2) is 0 Å². The van der Waals surface area contributed by atoms with Gasteiger partial charge in [0.05, 0.1) is 5.56 Å². The lowest BCUT2D eigenvalue weighted by atomic mass is 10.2. The lowest BCUT2D eigenvalue weighted by molar-refractivity contribution is -0.104. The van der Waals surface area contributed by atoms with Crippen LogP contribution in [0.1, 0.15) is 17.3 Å². The van der Waals surface area contributed by atoms with E-state index in [0.717, 1.165) is 6.29 Å². The molecular formula is C12H12O3. The molecule has 0 saturated heterocycles. The van der Waals surface area contributed by atoms with Gasteiger partial charge in [0.2, 0.25) is 0 Å². The molecule has 0 unspecified atom stereocenters. The first-order chi connectivity index (χ1) is 7.24. The smallest absolute Gasteiger partial charge is 0.338 e. The highest BCUT2D eigenvalue weighted by molar-refractivity contribution is 5.89. The predicted molar refractivity (Wildman–Crippen MR) is 56.5 cm³/mol. The van der Waals surface area contributed by atoms with Crippen molar-refractivity contribution < 1.29 is 14.3 Å². The van der Waals surface area contributed by atoms with Crippen LogP contribution in [0.4, 0.5) is 0 Å². The van der Waals surface area contributed by atoms with E-state index in [2.05, 4.69) is 0 Å². The molecule has 0 bridgehead atoms. The van der Waals surface area contributed by atoms with E-state index >= 15 is 0 Å². The summed E-state index contributed by atoms with van der Waals surface area (Å²) in [6, 6.07) is 8.72. The fourth-order valence-corrected chi connectivity index (χ4v) is 0.954. The minimum Gasteiger partial charge on any atom is -0.458 e. The summed E-state index contributed by atoms with van der Waals surface area (Å²) in [6.07, 6.45) is 2.28. The first kappa shape index (κ1) is 11.2. The summed E-state index contributed by atoms with van der Waals surface area (Å²) in [5.74, 6) is -0.384. The van der Waals surface area contributed by atoms with E-state index in [1.165, 1.54) is 0 Å². The zero-order valence-electron chi connectivity index (χ0n) is 8.47. The third-order valence-electron chi connectivity index (χ3n) is 1.82. The van der Waals surface area contributed by atoms with Gasteiger partial charge in [0.25, 0.3) is 0 Å². The highest BCUT2D eigenvalue weighted by Crippen LogP contribution is 2.01. The van der Waals surface area contributed by atoms with Crippen LogP contribution in [0.5, 0.6) is 0 Å². The van der Waals surface area contributed by atoms with Crippen LogP contribution in [0.3, 0.4) is 0 Å². The van der Waals surface area contributed by atoms with Gasteiger partial charge in [-0.2, -0.15) is 0 Å². The average Bonchev–Trinajstić information content (AvgIpc) is 2.29. The van der Waals surface area contributed by atoms with E-state index in [4.69, 9.17) is 4.74 Å². The van der Waals surface area contributed by atoms with E-state index in [1.54, 1.807) is 37.3 Å². The zero-order valence-corrected chi connectivity index (χ0v) is 8.47. The number of carbonyl (C=O) groups is 2. The van der Waals surface area contributed by atoms with Gasteiger partial charge in [-0.05, 0) is 30.7 Å². The Morgan fingerprint density at radius 2 is 2.00 bits per heavy atom. The van der Waals surface area contributed by atoms with Gasteiger partial charge in [0, 0.05) is 0 Å². The Balaban J connectivity index is 2.48. The van der Waals surface area contributed by atoms with Crippen LogP contribution in [0.15, 0.2) is 42.0 Å². The number of allylic oxidation sites excluding steroid dienone is 1. The molecule has 1 aromatic carbocycles. The van der Waals surface area contributed by atoms with Gasteiger partial charge >= 0.3 is 5.97 Å². The second kappa shape index (κ2) is 5.75. The highest BCUT2D eigenvalue weighted by atomic mass is 16.5. The average molecular weight is 204 g/mol. The molecule has 0 fully saturated rings. The number of ether oxygens (including phenoxy) is 1. The van der Waals surface area contributed by atoms with Crippen LogP contribution >= 0.6 is 0 Å². The predicted octanol–water partition coefficient (Wildman–Crippen LogP) is 1.99. The van der Waals surface area contributed by atoms with Crippen LogP contribution in [0, 0.1) is 0 Å². The highest BCUT2D eigenvalue weighted by Gasteiger charge is 2.03. The number of rotatable bonds is 4. The van der Waals surface area contributed by atoms with E-state index in [1.807, 2.05) is 6.07 Å². The van der Waals surface area contributed by atoms with Gasteiger partial charge in [-0.25, -0.2) is 4.79 Å². The fourth-order valence-electron chi connectivity index (χ4n) is 0.954. The monoisotopic (exact) mass is 204 g/mol. The molecule has 0 atom stereocenters. The second-order valence-electron chi connectivity index (χ2n) is 3.03. The van der Waals surface area contributed by atoms with Crippen molar-refractivity contribution in [3.63, 3.8) is 0 Å². The molecule has 0 aliphatic heterocycles. The van der Waals surface area contributed by atoms with Crippen LogP contribution in [0.2, 0.25) is 0 Å². The summed E-state index contributed by atoms with van der Waals surface area (Å²) < 4.78 is 4.93. The quantitative estimate of drug-likeness (QED) is 0.428. The largest absolute Gasteiger partial charge is 0.458 e. The van der Waals surface area contributed by atoms with Gasteiger partial charge in [-0.15, -0.1) is 0 Å². The lowest BCUT2D eigenvalue weighted by Gasteiger charge is -2.01. The molecule has 0 amide bonds. The molecule has 0 heterocycles. The Morgan fingerprint density at radius 1 is 1.33 bits per heavy atom. The minimum absolute atomic E-state index is 0.123. The molecule has 0 aromatic heterocycles. The van der Waals surface area contributed by atoms with E-state index in [9.17, 15) is 9.59 Å². The molecule has 0 aliphatic carbocycles. The molecule has 3 nitrogen and oxygen atoms in total. The molecule has 0 aliphatic rings. The number of hydrogen-bond acceptors (Lipinski definition) is 3. The summed E-state index contributed by atoms with van der Waals surface area (Å²) in [4.78, 5) is 21.6. The second-order valence-corrected chi connectivity index (χ2v) is 3.03. The summed E-state index contributed by atoms with van der Waals surface area (Å²) in [6.45, 7) is 1.78. The third kappa shape index (κ3) is 3.77. The Morgan fingerprint density at radius 3 is 2.60 bits per heavy atom. The zero-order chi connectivity index (χ0) is 11.1. The molecular weight excluding hydrogens is 192 g/mol. The third-order valence-corrected chi connectivity index (χ3v) is 1.82. The van der Waals surface area contributed by atoms with Crippen molar-refractivity contribution in [1.29, 1.82) is 0 Å². The number of carbonyl (C=O) groups excluding carboxylic acids is 2. The van der Waals surface area contributed by atoms with Crippen LogP contribution < -0.4 is 0 Å². The summed E-state index contributed by atoms with van der Waals surface area (Å²) in [5, 5.41) is 0. The molecule has 78 valence electrons. The lowest BCUT2D eigenvalue weighted by Crippen LogP contribution is -2.05. The molecule has 15 heavy (non-hydrogen) atoms. The van der Waals surface area contributed by atoms with E-state index < -0.39 is 0 Å². The van der Waals surface area contributed by atoms with Crippen molar-refractivity contribution >= 4 is 12.3 Å². The van der Waals surface area contributed by atoms with Crippen molar-refractivity contribution in [3.8, 4) is 0 Å².